The van der Waals surface area contributed by atoms with Crippen molar-refractivity contribution in [3.63, 3.8) is 0 Å². The van der Waals surface area contributed by atoms with Gasteiger partial charge in [0.1, 0.15) is 0 Å². The second-order valence-electron chi connectivity index (χ2n) is 12.4. The van der Waals surface area contributed by atoms with Gasteiger partial charge in [-0.15, -0.1) is 11.3 Å². The predicted molar refractivity (Wildman–Crippen MR) is 207 cm³/mol. The number of hydrogen-bond donors (Lipinski definition) is 0. The Morgan fingerprint density at radius 2 is 0.940 bits per heavy atom. The molecule has 0 saturated heterocycles. The van der Waals surface area contributed by atoms with Crippen LogP contribution in [0, 0.1) is 0 Å². The summed E-state index contributed by atoms with van der Waals surface area (Å²) in [5.41, 5.74) is 8.21. The first-order chi connectivity index (χ1) is 24.8. The van der Waals surface area contributed by atoms with Crippen LogP contribution >= 0.6 is 11.3 Å². The minimum atomic E-state index is 0.574. The van der Waals surface area contributed by atoms with E-state index in [4.69, 9.17) is 19.9 Å². The zero-order chi connectivity index (χ0) is 33.0. The fraction of sp³-hybridized carbons (Fsp3) is 0. The molecule has 10 aromatic rings. The molecule has 6 heteroatoms. The number of pyridine rings is 1. The highest BCUT2D eigenvalue weighted by Crippen LogP contribution is 2.39. The molecular weight excluding hydrogens is 631 g/mol. The predicted octanol–water partition coefficient (Wildman–Crippen LogP) is 11.4. The number of aromatic nitrogens is 5. The van der Waals surface area contributed by atoms with E-state index in [2.05, 4.69) is 95.6 Å². The third-order valence-corrected chi connectivity index (χ3v) is 10.5. The van der Waals surface area contributed by atoms with E-state index in [0.717, 1.165) is 33.4 Å². The first-order valence-electron chi connectivity index (χ1n) is 16.5. The molecule has 234 valence electrons. The van der Waals surface area contributed by atoms with Crippen LogP contribution in [0.4, 0.5) is 0 Å². The van der Waals surface area contributed by atoms with Crippen LogP contribution in [0.25, 0.3) is 93.0 Å². The number of hydrogen-bond acceptors (Lipinski definition) is 5. The molecule has 50 heavy (non-hydrogen) atoms. The Labute approximate surface area is 291 Å². The van der Waals surface area contributed by atoms with E-state index in [0.29, 0.717) is 17.5 Å². The molecule has 5 nitrogen and oxygen atoms in total. The van der Waals surface area contributed by atoms with Gasteiger partial charge in [0.25, 0.3) is 0 Å². The average molecular weight is 658 g/mol. The minimum Gasteiger partial charge on any atom is -0.308 e. The highest BCUT2D eigenvalue weighted by molar-refractivity contribution is 7.25. The molecule has 0 spiro atoms. The van der Waals surface area contributed by atoms with E-state index in [9.17, 15) is 0 Å². The molecule has 0 N–H and O–H groups in total. The van der Waals surface area contributed by atoms with Crippen molar-refractivity contribution in [3.8, 4) is 51.0 Å². The van der Waals surface area contributed by atoms with Gasteiger partial charge in [0, 0.05) is 53.8 Å². The van der Waals surface area contributed by atoms with Crippen molar-refractivity contribution >= 4 is 53.3 Å². The normalized spacial score (nSPS) is 11.6. The summed E-state index contributed by atoms with van der Waals surface area (Å²) in [6, 6.07) is 53.1. The van der Waals surface area contributed by atoms with Gasteiger partial charge in [-0.1, -0.05) is 121 Å². The highest BCUT2D eigenvalue weighted by atomic mass is 32.1. The lowest BCUT2D eigenvalue weighted by Gasteiger charge is -2.11. The Balaban J connectivity index is 1.14. The standard InChI is InChI=1S/C44H27N5S/c1-3-11-28(12-4-1)42-46-43(29-13-5-2-6-14-29)48-44(47-42)32-23-33(27-45-26-32)49-38-17-9-7-15-34(38)35-21-19-30(24-39(35)49)31-20-22-37-36-16-8-10-18-40(36)50-41(37)25-31/h1-27H. The van der Waals surface area contributed by atoms with Gasteiger partial charge < -0.3 is 4.57 Å². The molecule has 4 aromatic heterocycles. The third kappa shape index (κ3) is 4.77. The number of benzene rings is 6. The number of nitrogens with zero attached hydrogens (tertiary/aromatic N) is 5. The van der Waals surface area contributed by atoms with Crippen molar-refractivity contribution in [1.29, 1.82) is 0 Å². The van der Waals surface area contributed by atoms with Crippen LogP contribution in [0.2, 0.25) is 0 Å². The Hall–Kier alpha value is -6.50. The lowest BCUT2D eigenvalue weighted by Crippen LogP contribution is -2.01. The van der Waals surface area contributed by atoms with E-state index in [1.54, 1.807) is 0 Å². The Bertz CT molecular complexity index is 2820. The van der Waals surface area contributed by atoms with Gasteiger partial charge >= 0.3 is 0 Å². The topological polar surface area (TPSA) is 56.5 Å². The maximum absolute atomic E-state index is 4.97. The molecule has 0 bridgehead atoms. The van der Waals surface area contributed by atoms with Crippen molar-refractivity contribution in [2.75, 3.05) is 0 Å². The second-order valence-corrected chi connectivity index (χ2v) is 13.4. The zero-order valence-electron chi connectivity index (χ0n) is 26.7. The Kier molecular flexibility index (Phi) is 6.60. The summed E-state index contributed by atoms with van der Waals surface area (Å²) < 4.78 is 4.91. The molecule has 0 unspecified atom stereocenters. The van der Waals surface area contributed by atoms with Crippen molar-refractivity contribution in [3.05, 3.63) is 164 Å². The minimum absolute atomic E-state index is 0.574. The maximum Gasteiger partial charge on any atom is 0.165 e. The highest BCUT2D eigenvalue weighted by Gasteiger charge is 2.17. The number of thiophene rings is 1. The quantitative estimate of drug-likeness (QED) is 0.185. The largest absolute Gasteiger partial charge is 0.308 e. The SMILES string of the molecule is c1ccc(-c2nc(-c3ccccc3)nc(-c3cncc(-n4c5ccccc5c5ccc(-c6ccc7c(c6)sc6ccccc67)cc54)c3)n2)cc1. The van der Waals surface area contributed by atoms with Crippen LogP contribution in [0.3, 0.4) is 0 Å². The summed E-state index contributed by atoms with van der Waals surface area (Å²) in [5.74, 6) is 1.82. The Morgan fingerprint density at radius 1 is 0.380 bits per heavy atom. The van der Waals surface area contributed by atoms with Crippen LogP contribution in [0.1, 0.15) is 0 Å². The van der Waals surface area contributed by atoms with Crippen molar-refractivity contribution in [2.24, 2.45) is 0 Å². The maximum atomic E-state index is 4.97. The van der Waals surface area contributed by atoms with Crippen molar-refractivity contribution < 1.29 is 0 Å². The first kappa shape index (κ1) is 28.5. The van der Waals surface area contributed by atoms with Crippen molar-refractivity contribution in [1.82, 2.24) is 24.5 Å². The molecule has 0 fully saturated rings. The van der Waals surface area contributed by atoms with Gasteiger partial charge in [-0.3, -0.25) is 4.98 Å². The molecular formula is C44H27N5S. The molecule has 0 aliphatic carbocycles. The van der Waals surface area contributed by atoms with Gasteiger partial charge in [-0.25, -0.2) is 15.0 Å². The number of rotatable bonds is 5. The number of fused-ring (bicyclic) bond motifs is 6. The summed E-state index contributed by atoms with van der Waals surface area (Å²) in [7, 11) is 0. The summed E-state index contributed by atoms with van der Waals surface area (Å²) in [4.78, 5) is 19.6. The molecule has 0 saturated carbocycles. The van der Waals surface area contributed by atoms with Gasteiger partial charge in [-0.2, -0.15) is 0 Å². The van der Waals surface area contributed by atoms with Gasteiger partial charge in [-0.05, 0) is 41.5 Å². The third-order valence-electron chi connectivity index (χ3n) is 9.33. The van der Waals surface area contributed by atoms with Gasteiger partial charge in [0.15, 0.2) is 17.5 Å². The lowest BCUT2D eigenvalue weighted by atomic mass is 10.0. The molecule has 6 aromatic carbocycles. The van der Waals surface area contributed by atoms with Crippen LogP contribution in [0.5, 0.6) is 0 Å². The van der Waals surface area contributed by atoms with Gasteiger partial charge in [0.05, 0.1) is 22.9 Å². The first-order valence-corrected chi connectivity index (χ1v) is 17.4. The molecule has 4 heterocycles. The van der Waals surface area contributed by atoms with Crippen molar-refractivity contribution in [2.45, 2.75) is 0 Å². The molecule has 0 radical (unpaired) electrons. The van der Waals surface area contributed by atoms with Crippen LogP contribution in [0.15, 0.2) is 164 Å². The summed E-state index contributed by atoms with van der Waals surface area (Å²) in [6.45, 7) is 0. The average Bonchev–Trinajstić information content (AvgIpc) is 3.73. The van der Waals surface area contributed by atoms with Crippen LogP contribution < -0.4 is 0 Å². The van der Waals surface area contributed by atoms with Crippen LogP contribution in [-0.4, -0.2) is 24.5 Å². The van der Waals surface area contributed by atoms with E-state index in [-0.39, 0.29) is 0 Å². The van der Waals surface area contributed by atoms with E-state index >= 15 is 0 Å². The lowest BCUT2D eigenvalue weighted by molar-refractivity contribution is 1.06. The Morgan fingerprint density at radius 3 is 1.68 bits per heavy atom. The zero-order valence-corrected chi connectivity index (χ0v) is 27.5. The molecule has 0 aliphatic rings. The fourth-order valence-electron chi connectivity index (χ4n) is 6.94. The summed E-state index contributed by atoms with van der Waals surface area (Å²) in [6.07, 6.45) is 3.75. The van der Waals surface area contributed by atoms with E-state index in [1.807, 2.05) is 84.4 Å². The summed E-state index contributed by atoms with van der Waals surface area (Å²) >= 11 is 1.85. The van der Waals surface area contributed by atoms with E-state index in [1.165, 1.54) is 42.1 Å². The fourth-order valence-corrected chi connectivity index (χ4v) is 8.09. The van der Waals surface area contributed by atoms with Gasteiger partial charge in [0.2, 0.25) is 0 Å². The second kappa shape index (κ2) is 11.6. The smallest absolute Gasteiger partial charge is 0.165 e. The molecule has 0 atom stereocenters. The van der Waals surface area contributed by atoms with E-state index < -0.39 is 0 Å². The molecule has 10 rings (SSSR count). The summed E-state index contributed by atoms with van der Waals surface area (Å²) in [5, 5.41) is 5.00. The molecule has 0 aliphatic heterocycles. The monoisotopic (exact) mass is 657 g/mol. The number of para-hydroxylation sites is 1. The molecule has 0 amide bonds. The van der Waals surface area contributed by atoms with Crippen LogP contribution in [-0.2, 0) is 0 Å².